The van der Waals surface area contributed by atoms with Gasteiger partial charge >= 0.3 is 0 Å². The smallest absolute Gasteiger partial charge is 0.255 e. The van der Waals surface area contributed by atoms with E-state index in [1.165, 1.54) is 6.20 Å². The first kappa shape index (κ1) is 14.1. The van der Waals surface area contributed by atoms with Crippen molar-refractivity contribution in [2.24, 2.45) is 0 Å². The lowest BCUT2D eigenvalue weighted by Crippen LogP contribution is -2.40. The number of hydrogen-bond donors (Lipinski definition) is 2. The molecule has 1 aromatic rings. The highest BCUT2D eigenvalue weighted by Crippen LogP contribution is 2.21. The summed E-state index contributed by atoms with van der Waals surface area (Å²) in [6.07, 6.45) is 2.50. The molecule has 6 heteroatoms. The molecule has 1 saturated heterocycles. The van der Waals surface area contributed by atoms with Crippen molar-refractivity contribution in [3.05, 3.63) is 22.8 Å². The summed E-state index contributed by atoms with van der Waals surface area (Å²) < 4.78 is 0. The number of pyridine rings is 1. The van der Waals surface area contributed by atoms with Gasteiger partial charge in [0.1, 0.15) is 5.82 Å². The average Bonchev–Trinajstić information content (AvgIpc) is 2.41. The Hall–Kier alpha value is -1.33. The maximum atomic E-state index is 12.3. The SMILES string of the molecule is CCNc1ncc(C(=O)N2CCC(O)CC2)cc1Cl. The Morgan fingerprint density at radius 2 is 2.26 bits per heavy atom. The topological polar surface area (TPSA) is 65.5 Å². The molecular weight excluding hydrogens is 266 g/mol. The Labute approximate surface area is 117 Å². The van der Waals surface area contributed by atoms with Crippen LogP contribution in [0.15, 0.2) is 12.3 Å². The zero-order chi connectivity index (χ0) is 13.8. The highest BCUT2D eigenvalue weighted by molar-refractivity contribution is 6.33. The van der Waals surface area contributed by atoms with Crippen LogP contribution >= 0.6 is 11.6 Å². The summed E-state index contributed by atoms with van der Waals surface area (Å²) >= 11 is 6.08. The number of aromatic nitrogens is 1. The molecule has 2 rings (SSSR count). The Morgan fingerprint density at radius 1 is 1.58 bits per heavy atom. The average molecular weight is 284 g/mol. The largest absolute Gasteiger partial charge is 0.393 e. The van der Waals surface area contributed by atoms with Gasteiger partial charge in [-0.3, -0.25) is 4.79 Å². The third kappa shape index (κ3) is 3.36. The normalized spacial score (nSPS) is 16.5. The number of carbonyl (C=O) groups excluding carboxylic acids is 1. The van der Waals surface area contributed by atoms with Crippen molar-refractivity contribution in [3.8, 4) is 0 Å². The van der Waals surface area contributed by atoms with Gasteiger partial charge in [-0.15, -0.1) is 0 Å². The van der Waals surface area contributed by atoms with Crippen LogP contribution in [0.1, 0.15) is 30.1 Å². The van der Waals surface area contributed by atoms with Crippen molar-refractivity contribution in [3.63, 3.8) is 0 Å². The predicted octanol–water partition coefficient (Wildman–Crippen LogP) is 1.76. The molecule has 0 aromatic carbocycles. The molecule has 0 bridgehead atoms. The van der Waals surface area contributed by atoms with Crippen molar-refractivity contribution in [1.82, 2.24) is 9.88 Å². The third-order valence-corrected chi connectivity index (χ3v) is 3.47. The zero-order valence-corrected chi connectivity index (χ0v) is 11.7. The maximum absolute atomic E-state index is 12.3. The quantitative estimate of drug-likeness (QED) is 0.887. The number of nitrogens with zero attached hydrogens (tertiary/aromatic N) is 2. The van der Waals surface area contributed by atoms with Crippen molar-refractivity contribution in [2.45, 2.75) is 25.9 Å². The van der Waals surface area contributed by atoms with Crippen molar-refractivity contribution >= 4 is 23.3 Å². The fourth-order valence-corrected chi connectivity index (χ4v) is 2.34. The van der Waals surface area contributed by atoms with E-state index in [2.05, 4.69) is 10.3 Å². The second-order valence-electron chi connectivity index (χ2n) is 4.61. The zero-order valence-electron chi connectivity index (χ0n) is 10.9. The minimum Gasteiger partial charge on any atom is -0.393 e. The molecule has 1 aromatic heterocycles. The minimum absolute atomic E-state index is 0.0793. The number of aliphatic hydroxyl groups excluding tert-OH is 1. The number of hydrogen-bond acceptors (Lipinski definition) is 4. The van der Waals surface area contributed by atoms with Gasteiger partial charge < -0.3 is 15.3 Å². The molecular formula is C13H18ClN3O2. The van der Waals surface area contributed by atoms with Gasteiger partial charge in [-0.1, -0.05) is 11.6 Å². The molecule has 5 nitrogen and oxygen atoms in total. The number of carbonyl (C=O) groups is 1. The Bertz CT molecular complexity index is 459. The first-order valence-corrected chi connectivity index (χ1v) is 6.86. The molecule has 0 atom stereocenters. The van der Waals surface area contributed by atoms with Crippen LogP contribution in [-0.4, -0.2) is 46.6 Å². The summed E-state index contributed by atoms with van der Waals surface area (Å²) in [5.74, 6) is 0.513. The third-order valence-electron chi connectivity index (χ3n) is 3.18. The molecule has 0 spiro atoms. The Kier molecular flexibility index (Phi) is 4.61. The summed E-state index contributed by atoms with van der Waals surface area (Å²) in [5, 5.41) is 12.9. The standard InChI is InChI=1S/C13H18ClN3O2/c1-2-15-12-11(14)7-9(8-16-12)13(19)17-5-3-10(18)4-6-17/h7-8,10,18H,2-6H2,1H3,(H,15,16). The molecule has 1 amide bonds. The van der Waals surface area contributed by atoms with E-state index in [-0.39, 0.29) is 12.0 Å². The summed E-state index contributed by atoms with van der Waals surface area (Å²) in [6.45, 7) is 3.83. The second kappa shape index (κ2) is 6.21. The van der Waals surface area contributed by atoms with Gasteiger partial charge in [0.2, 0.25) is 0 Å². The van der Waals surface area contributed by atoms with Gasteiger partial charge in [0.25, 0.3) is 5.91 Å². The number of nitrogens with one attached hydrogen (secondary N) is 1. The number of rotatable bonds is 3. The lowest BCUT2D eigenvalue weighted by atomic mass is 10.1. The summed E-state index contributed by atoms with van der Waals surface area (Å²) in [5.41, 5.74) is 0.489. The molecule has 0 aliphatic carbocycles. The van der Waals surface area contributed by atoms with Crippen LogP contribution in [0, 0.1) is 0 Å². The number of piperidine rings is 1. The van der Waals surface area contributed by atoms with Crippen LogP contribution in [0.2, 0.25) is 5.02 Å². The molecule has 19 heavy (non-hydrogen) atoms. The van der Waals surface area contributed by atoms with Crippen molar-refractivity contribution in [2.75, 3.05) is 25.0 Å². The van der Waals surface area contributed by atoms with Gasteiger partial charge in [-0.2, -0.15) is 0 Å². The van der Waals surface area contributed by atoms with Crippen LogP contribution in [0.25, 0.3) is 0 Å². The van der Waals surface area contributed by atoms with Crippen LogP contribution in [-0.2, 0) is 0 Å². The highest BCUT2D eigenvalue weighted by Gasteiger charge is 2.22. The van der Waals surface area contributed by atoms with Gasteiger partial charge in [0, 0.05) is 25.8 Å². The number of aliphatic hydroxyl groups is 1. The Morgan fingerprint density at radius 3 is 2.84 bits per heavy atom. The van der Waals surface area contributed by atoms with E-state index in [0.29, 0.717) is 42.3 Å². The predicted molar refractivity (Wildman–Crippen MR) is 74.6 cm³/mol. The van der Waals surface area contributed by atoms with E-state index in [0.717, 1.165) is 6.54 Å². The summed E-state index contributed by atoms with van der Waals surface area (Å²) in [7, 11) is 0. The van der Waals surface area contributed by atoms with E-state index < -0.39 is 0 Å². The number of anilines is 1. The van der Waals surface area contributed by atoms with Crippen LogP contribution in [0.5, 0.6) is 0 Å². The molecule has 1 aliphatic heterocycles. The lowest BCUT2D eigenvalue weighted by molar-refractivity contribution is 0.0546. The van der Waals surface area contributed by atoms with Gasteiger partial charge in [0.05, 0.1) is 16.7 Å². The molecule has 0 unspecified atom stereocenters. The van der Waals surface area contributed by atoms with E-state index in [1.807, 2.05) is 6.92 Å². The van der Waals surface area contributed by atoms with E-state index >= 15 is 0 Å². The fourth-order valence-electron chi connectivity index (χ4n) is 2.10. The van der Waals surface area contributed by atoms with Crippen LogP contribution in [0.3, 0.4) is 0 Å². The van der Waals surface area contributed by atoms with Gasteiger partial charge in [-0.05, 0) is 25.8 Å². The highest BCUT2D eigenvalue weighted by atomic mass is 35.5. The van der Waals surface area contributed by atoms with Crippen molar-refractivity contribution in [1.29, 1.82) is 0 Å². The first-order chi connectivity index (χ1) is 9.11. The maximum Gasteiger partial charge on any atom is 0.255 e. The van der Waals surface area contributed by atoms with E-state index in [1.54, 1.807) is 11.0 Å². The fraction of sp³-hybridized carbons (Fsp3) is 0.538. The molecule has 2 heterocycles. The lowest BCUT2D eigenvalue weighted by Gasteiger charge is -2.29. The van der Waals surface area contributed by atoms with Crippen LogP contribution in [0.4, 0.5) is 5.82 Å². The molecule has 2 N–H and O–H groups in total. The van der Waals surface area contributed by atoms with E-state index in [4.69, 9.17) is 11.6 Å². The summed E-state index contributed by atoms with van der Waals surface area (Å²) in [4.78, 5) is 18.1. The second-order valence-corrected chi connectivity index (χ2v) is 5.02. The molecule has 1 aliphatic rings. The summed E-state index contributed by atoms with van der Waals surface area (Å²) in [6, 6.07) is 1.64. The number of likely N-dealkylation sites (tertiary alicyclic amines) is 1. The molecule has 0 radical (unpaired) electrons. The van der Waals surface area contributed by atoms with Gasteiger partial charge in [0.15, 0.2) is 0 Å². The first-order valence-electron chi connectivity index (χ1n) is 6.48. The molecule has 0 saturated carbocycles. The molecule has 1 fully saturated rings. The Balaban J connectivity index is 2.09. The van der Waals surface area contributed by atoms with Crippen molar-refractivity contribution < 1.29 is 9.90 Å². The van der Waals surface area contributed by atoms with Gasteiger partial charge in [-0.25, -0.2) is 4.98 Å². The number of halogens is 1. The molecule has 104 valence electrons. The monoisotopic (exact) mass is 283 g/mol. The minimum atomic E-state index is -0.290. The van der Waals surface area contributed by atoms with E-state index in [9.17, 15) is 9.90 Å². The van der Waals surface area contributed by atoms with Crippen LogP contribution < -0.4 is 5.32 Å². The number of amides is 1.